The maximum absolute atomic E-state index is 9.75. The molecule has 0 spiro atoms. The summed E-state index contributed by atoms with van der Waals surface area (Å²) in [6.07, 6.45) is 11.5. The van der Waals surface area contributed by atoms with Crippen LogP contribution in [-0.2, 0) is 0 Å². The number of rotatable bonds is 2. The number of nitriles is 2. The Bertz CT molecular complexity index is 408. The van der Waals surface area contributed by atoms with Gasteiger partial charge in [0.1, 0.15) is 11.1 Å². The molecular formula is C18H28N4. The first-order valence-corrected chi connectivity index (χ1v) is 9.07. The van der Waals surface area contributed by atoms with Crippen LogP contribution >= 0.6 is 0 Å². The lowest BCUT2D eigenvalue weighted by Crippen LogP contribution is -2.62. The van der Waals surface area contributed by atoms with Gasteiger partial charge < -0.3 is 0 Å². The minimum absolute atomic E-state index is 0.212. The molecule has 1 heterocycles. The first-order valence-electron chi connectivity index (χ1n) is 9.07. The van der Waals surface area contributed by atoms with Crippen molar-refractivity contribution in [1.29, 1.82) is 10.5 Å². The molecule has 0 aromatic rings. The summed E-state index contributed by atoms with van der Waals surface area (Å²) in [7, 11) is 0. The van der Waals surface area contributed by atoms with Gasteiger partial charge in [0.05, 0.1) is 12.1 Å². The van der Waals surface area contributed by atoms with E-state index in [0.717, 1.165) is 51.9 Å². The second kappa shape index (κ2) is 6.57. The Morgan fingerprint density at radius 3 is 1.14 bits per heavy atom. The molecule has 4 heteroatoms. The quantitative estimate of drug-likeness (QED) is 0.786. The minimum atomic E-state index is -0.212. The van der Waals surface area contributed by atoms with Crippen LogP contribution in [0, 0.1) is 22.7 Å². The molecule has 0 radical (unpaired) electrons. The molecule has 0 bridgehead atoms. The van der Waals surface area contributed by atoms with E-state index >= 15 is 0 Å². The molecule has 120 valence electrons. The molecule has 0 atom stereocenters. The molecule has 0 unspecified atom stereocenters. The molecule has 0 amide bonds. The van der Waals surface area contributed by atoms with E-state index in [0.29, 0.717) is 0 Å². The SMILES string of the molecule is N#CC1(N2CCN(C3(C#N)CCCCC3)CC2)CCCCC1. The third kappa shape index (κ3) is 2.75. The summed E-state index contributed by atoms with van der Waals surface area (Å²) in [5.74, 6) is 0. The van der Waals surface area contributed by atoms with Gasteiger partial charge in [-0.1, -0.05) is 38.5 Å². The molecule has 0 aromatic heterocycles. The van der Waals surface area contributed by atoms with Crippen LogP contribution < -0.4 is 0 Å². The van der Waals surface area contributed by atoms with E-state index in [9.17, 15) is 10.5 Å². The van der Waals surface area contributed by atoms with Gasteiger partial charge in [-0.15, -0.1) is 0 Å². The Hall–Kier alpha value is -1.10. The van der Waals surface area contributed by atoms with Crippen LogP contribution in [0.1, 0.15) is 64.2 Å². The average molecular weight is 300 g/mol. The van der Waals surface area contributed by atoms with Crippen LogP contribution in [0.15, 0.2) is 0 Å². The lowest BCUT2D eigenvalue weighted by Gasteiger charge is -2.50. The second-order valence-electron chi connectivity index (χ2n) is 7.38. The largest absolute Gasteiger partial charge is 0.283 e. The normalized spacial score (nSPS) is 29.4. The smallest absolute Gasteiger partial charge is 0.109 e. The summed E-state index contributed by atoms with van der Waals surface area (Å²) in [6, 6.07) is 5.29. The van der Waals surface area contributed by atoms with E-state index in [2.05, 4.69) is 21.9 Å². The zero-order valence-electron chi connectivity index (χ0n) is 13.7. The van der Waals surface area contributed by atoms with Crippen molar-refractivity contribution in [2.45, 2.75) is 75.3 Å². The van der Waals surface area contributed by atoms with Gasteiger partial charge >= 0.3 is 0 Å². The topological polar surface area (TPSA) is 54.1 Å². The second-order valence-corrected chi connectivity index (χ2v) is 7.38. The van der Waals surface area contributed by atoms with Crippen molar-refractivity contribution in [1.82, 2.24) is 9.80 Å². The van der Waals surface area contributed by atoms with Crippen LogP contribution in [-0.4, -0.2) is 47.1 Å². The maximum Gasteiger partial charge on any atom is 0.109 e. The highest BCUT2D eigenvalue weighted by Gasteiger charge is 2.44. The Morgan fingerprint density at radius 1 is 0.545 bits per heavy atom. The third-order valence-electron chi connectivity index (χ3n) is 6.27. The van der Waals surface area contributed by atoms with Crippen LogP contribution in [0.5, 0.6) is 0 Å². The molecule has 22 heavy (non-hydrogen) atoms. The molecule has 3 aliphatic rings. The minimum Gasteiger partial charge on any atom is -0.283 e. The monoisotopic (exact) mass is 300 g/mol. The van der Waals surface area contributed by atoms with Gasteiger partial charge in [0, 0.05) is 26.2 Å². The van der Waals surface area contributed by atoms with E-state index in [4.69, 9.17) is 0 Å². The molecule has 1 aliphatic heterocycles. The van der Waals surface area contributed by atoms with Crippen LogP contribution in [0.2, 0.25) is 0 Å². The molecule has 1 saturated heterocycles. The van der Waals surface area contributed by atoms with Gasteiger partial charge in [0.15, 0.2) is 0 Å². The van der Waals surface area contributed by atoms with E-state index in [1.165, 1.54) is 38.5 Å². The van der Waals surface area contributed by atoms with Crippen LogP contribution in [0.4, 0.5) is 0 Å². The molecule has 4 nitrogen and oxygen atoms in total. The van der Waals surface area contributed by atoms with Crippen molar-refractivity contribution in [2.75, 3.05) is 26.2 Å². The number of nitrogens with zero attached hydrogens (tertiary/aromatic N) is 4. The summed E-state index contributed by atoms with van der Waals surface area (Å²) in [5.41, 5.74) is -0.423. The first kappa shape index (κ1) is 15.8. The highest BCUT2D eigenvalue weighted by molar-refractivity contribution is 5.14. The standard InChI is InChI=1S/C18H28N4/c19-15-17(7-3-1-4-8-17)21-11-13-22(14-12-21)18(16-20)9-5-2-6-10-18/h1-14H2. The molecule has 3 fully saturated rings. The van der Waals surface area contributed by atoms with Gasteiger partial charge in [-0.2, -0.15) is 10.5 Å². The maximum atomic E-state index is 9.75. The number of piperazine rings is 1. The van der Waals surface area contributed by atoms with Crippen molar-refractivity contribution in [2.24, 2.45) is 0 Å². The zero-order chi connectivity index (χ0) is 15.5. The van der Waals surface area contributed by atoms with Gasteiger partial charge in [0.2, 0.25) is 0 Å². The average Bonchev–Trinajstić information content (AvgIpc) is 2.63. The highest BCUT2D eigenvalue weighted by atomic mass is 15.3. The Kier molecular flexibility index (Phi) is 4.71. The fourth-order valence-electron chi connectivity index (χ4n) is 4.83. The Balaban J connectivity index is 1.65. The summed E-state index contributed by atoms with van der Waals surface area (Å²) in [5, 5.41) is 19.5. The first-order chi connectivity index (χ1) is 10.7. The summed E-state index contributed by atoms with van der Waals surface area (Å²) >= 11 is 0. The summed E-state index contributed by atoms with van der Waals surface area (Å²) < 4.78 is 0. The number of hydrogen-bond donors (Lipinski definition) is 0. The molecular weight excluding hydrogens is 272 g/mol. The van der Waals surface area contributed by atoms with Crippen molar-refractivity contribution >= 4 is 0 Å². The van der Waals surface area contributed by atoms with E-state index in [-0.39, 0.29) is 11.1 Å². The van der Waals surface area contributed by atoms with Gasteiger partial charge in [-0.3, -0.25) is 9.80 Å². The molecule has 3 rings (SSSR count). The van der Waals surface area contributed by atoms with Crippen molar-refractivity contribution in [3.8, 4) is 12.1 Å². The van der Waals surface area contributed by atoms with Gasteiger partial charge in [-0.25, -0.2) is 0 Å². The van der Waals surface area contributed by atoms with E-state index in [1.807, 2.05) is 0 Å². The van der Waals surface area contributed by atoms with Crippen molar-refractivity contribution < 1.29 is 0 Å². The van der Waals surface area contributed by atoms with Crippen molar-refractivity contribution in [3.63, 3.8) is 0 Å². The zero-order valence-corrected chi connectivity index (χ0v) is 13.7. The predicted octanol–water partition coefficient (Wildman–Crippen LogP) is 3.06. The summed E-state index contributed by atoms with van der Waals surface area (Å²) in [6.45, 7) is 3.82. The fourth-order valence-corrected chi connectivity index (χ4v) is 4.83. The molecule has 2 saturated carbocycles. The van der Waals surface area contributed by atoms with Crippen molar-refractivity contribution in [3.05, 3.63) is 0 Å². The van der Waals surface area contributed by atoms with Crippen LogP contribution in [0.3, 0.4) is 0 Å². The predicted molar refractivity (Wildman–Crippen MR) is 86.0 cm³/mol. The lowest BCUT2D eigenvalue weighted by atomic mass is 9.79. The van der Waals surface area contributed by atoms with Gasteiger partial charge in [0.25, 0.3) is 0 Å². The summed E-state index contributed by atoms with van der Waals surface area (Å²) in [4.78, 5) is 4.85. The Labute approximate surface area is 134 Å². The molecule has 0 aromatic carbocycles. The van der Waals surface area contributed by atoms with Crippen LogP contribution in [0.25, 0.3) is 0 Å². The Morgan fingerprint density at radius 2 is 0.864 bits per heavy atom. The third-order valence-corrected chi connectivity index (χ3v) is 6.27. The number of hydrogen-bond acceptors (Lipinski definition) is 4. The van der Waals surface area contributed by atoms with E-state index in [1.54, 1.807) is 0 Å². The van der Waals surface area contributed by atoms with E-state index < -0.39 is 0 Å². The molecule has 0 N–H and O–H groups in total. The molecule has 2 aliphatic carbocycles. The fraction of sp³-hybridized carbons (Fsp3) is 0.889. The lowest BCUT2D eigenvalue weighted by molar-refractivity contribution is -0.00166. The highest BCUT2D eigenvalue weighted by Crippen LogP contribution is 2.37. The van der Waals surface area contributed by atoms with Gasteiger partial charge in [-0.05, 0) is 25.7 Å².